The zero-order chi connectivity index (χ0) is 22.2. The van der Waals surface area contributed by atoms with E-state index in [0.29, 0.717) is 25.6 Å². The molecule has 0 saturated heterocycles. The van der Waals surface area contributed by atoms with E-state index in [1.807, 2.05) is 54.8 Å². The maximum absolute atomic E-state index is 12.7. The maximum Gasteiger partial charge on any atom is 0.322 e. The van der Waals surface area contributed by atoms with Crippen molar-refractivity contribution in [3.8, 4) is 5.75 Å². The smallest absolute Gasteiger partial charge is 0.322 e. The molecule has 2 amide bonds. The topological polar surface area (TPSA) is 54.5 Å². The van der Waals surface area contributed by atoms with Crippen LogP contribution in [0.4, 0.5) is 10.5 Å². The van der Waals surface area contributed by atoms with Gasteiger partial charge in [0.15, 0.2) is 0 Å². The summed E-state index contributed by atoms with van der Waals surface area (Å²) in [5.74, 6) is 1.28. The second-order valence-corrected chi connectivity index (χ2v) is 8.62. The molecule has 6 heteroatoms. The van der Waals surface area contributed by atoms with Crippen LogP contribution in [-0.4, -0.2) is 22.5 Å². The highest BCUT2D eigenvalue weighted by molar-refractivity contribution is 7.09. The van der Waals surface area contributed by atoms with Crippen LogP contribution in [0.3, 0.4) is 0 Å². The van der Waals surface area contributed by atoms with Crippen LogP contribution in [0.2, 0.25) is 0 Å². The Labute approximate surface area is 188 Å². The number of hydrogen-bond acceptors (Lipinski definition) is 4. The Morgan fingerprint density at radius 1 is 1.23 bits per heavy atom. The minimum atomic E-state index is -0.180. The molecule has 0 aliphatic carbocycles. The van der Waals surface area contributed by atoms with Crippen LogP contribution in [0, 0.1) is 6.92 Å². The normalized spacial score (nSPS) is 10.7. The number of carbonyl (C=O) groups excluding carboxylic acids is 1. The molecule has 0 unspecified atom stereocenters. The third-order valence-electron chi connectivity index (χ3n) is 4.78. The summed E-state index contributed by atoms with van der Waals surface area (Å²) in [6, 6.07) is 15.6. The highest BCUT2D eigenvalue weighted by Gasteiger charge is 2.15. The van der Waals surface area contributed by atoms with Crippen molar-refractivity contribution in [2.24, 2.45) is 0 Å². The van der Waals surface area contributed by atoms with Crippen LogP contribution in [0.5, 0.6) is 5.75 Å². The summed E-state index contributed by atoms with van der Waals surface area (Å²) in [5.41, 5.74) is 3.93. The number of urea groups is 1. The lowest BCUT2D eigenvalue weighted by atomic mass is 10.0. The van der Waals surface area contributed by atoms with Gasteiger partial charge in [0, 0.05) is 17.6 Å². The fourth-order valence-electron chi connectivity index (χ4n) is 3.13. The molecule has 162 valence electrons. The Morgan fingerprint density at radius 2 is 1.97 bits per heavy atom. The minimum Gasteiger partial charge on any atom is -0.486 e. The first-order valence-electron chi connectivity index (χ1n) is 10.3. The van der Waals surface area contributed by atoms with E-state index in [2.05, 4.69) is 36.8 Å². The van der Waals surface area contributed by atoms with Gasteiger partial charge in [-0.05, 0) is 36.6 Å². The molecular formula is C25H29N3O2S. The Hall–Kier alpha value is -3.12. The largest absolute Gasteiger partial charge is 0.486 e. The molecule has 1 aromatic heterocycles. The molecule has 0 radical (unpaired) electrons. The number of carbonyl (C=O) groups is 1. The number of hydrogen-bond donors (Lipinski definition) is 1. The third kappa shape index (κ3) is 6.43. The zero-order valence-corrected chi connectivity index (χ0v) is 19.1. The number of aromatic nitrogens is 1. The van der Waals surface area contributed by atoms with Crippen LogP contribution in [-0.2, 0) is 13.2 Å². The minimum absolute atomic E-state index is 0.180. The standard InChI is InChI=1S/C25H29N3O2S/c1-5-14-28(25(29)27-20-12-10-19(4)11-13-20)15-21-17-31-24(26-21)16-30-23-9-7-6-8-22(23)18(2)3/h5-13,17-18H,1,14-16H2,2-4H3,(H,27,29). The maximum atomic E-state index is 12.7. The predicted octanol–water partition coefficient (Wildman–Crippen LogP) is 6.37. The number of benzene rings is 2. The van der Waals surface area contributed by atoms with Crippen molar-refractivity contribution in [3.05, 3.63) is 88.4 Å². The number of thiazole rings is 1. The van der Waals surface area contributed by atoms with E-state index in [-0.39, 0.29) is 6.03 Å². The molecule has 0 fully saturated rings. The first-order chi connectivity index (χ1) is 15.0. The molecule has 1 N–H and O–H groups in total. The number of aryl methyl sites for hydroxylation is 1. The average Bonchev–Trinajstić information content (AvgIpc) is 3.21. The number of nitrogens with zero attached hydrogens (tertiary/aromatic N) is 2. The van der Waals surface area contributed by atoms with E-state index in [1.54, 1.807) is 22.3 Å². The molecule has 5 nitrogen and oxygen atoms in total. The Balaban J connectivity index is 1.61. The fraction of sp³-hybridized carbons (Fsp3) is 0.280. The number of para-hydroxylation sites is 1. The highest BCUT2D eigenvalue weighted by atomic mass is 32.1. The summed E-state index contributed by atoms with van der Waals surface area (Å²) in [4.78, 5) is 19.1. The lowest BCUT2D eigenvalue weighted by Gasteiger charge is -2.20. The molecule has 0 atom stereocenters. The predicted molar refractivity (Wildman–Crippen MR) is 128 cm³/mol. The van der Waals surface area contributed by atoms with Gasteiger partial charge in [-0.3, -0.25) is 0 Å². The third-order valence-corrected chi connectivity index (χ3v) is 5.66. The van der Waals surface area contributed by atoms with Crippen molar-refractivity contribution < 1.29 is 9.53 Å². The highest BCUT2D eigenvalue weighted by Crippen LogP contribution is 2.27. The first-order valence-corrected chi connectivity index (χ1v) is 11.2. The van der Waals surface area contributed by atoms with Gasteiger partial charge in [-0.1, -0.05) is 55.8 Å². The fourth-order valence-corrected chi connectivity index (χ4v) is 3.82. The monoisotopic (exact) mass is 435 g/mol. The average molecular weight is 436 g/mol. The van der Waals surface area contributed by atoms with Gasteiger partial charge in [0.25, 0.3) is 0 Å². The SMILES string of the molecule is C=CCN(Cc1csc(COc2ccccc2C(C)C)n1)C(=O)Nc1ccc(C)cc1. The molecule has 3 rings (SSSR count). The summed E-state index contributed by atoms with van der Waals surface area (Å²) in [6.07, 6.45) is 1.72. The van der Waals surface area contributed by atoms with Crippen LogP contribution in [0.25, 0.3) is 0 Å². The van der Waals surface area contributed by atoms with Crippen molar-refractivity contribution in [2.75, 3.05) is 11.9 Å². The van der Waals surface area contributed by atoms with Crippen molar-refractivity contribution >= 4 is 23.1 Å². The number of nitrogens with one attached hydrogen (secondary N) is 1. The van der Waals surface area contributed by atoms with Gasteiger partial charge in [0.1, 0.15) is 17.4 Å². The summed E-state index contributed by atoms with van der Waals surface area (Å²) in [7, 11) is 0. The lowest BCUT2D eigenvalue weighted by molar-refractivity contribution is 0.214. The van der Waals surface area contributed by atoms with Crippen molar-refractivity contribution in [2.45, 2.75) is 39.8 Å². The number of anilines is 1. The molecule has 3 aromatic rings. The van der Waals surface area contributed by atoms with E-state index in [0.717, 1.165) is 27.7 Å². The molecule has 0 aliphatic heterocycles. The van der Waals surface area contributed by atoms with Gasteiger partial charge in [-0.15, -0.1) is 17.9 Å². The molecule has 1 heterocycles. The molecule has 0 spiro atoms. The lowest BCUT2D eigenvalue weighted by Crippen LogP contribution is -2.34. The van der Waals surface area contributed by atoms with Crippen molar-refractivity contribution in [1.29, 1.82) is 0 Å². The molecule has 0 aliphatic rings. The molecule has 0 saturated carbocycles. The van der Waals surface area contributed by atoms with E-state index in [1.165, 1.54) is 5.56 Å². The van der Waals surface area contributed by atoms with Crippen molar-refractivity contribution in [1.82, 2.24) is 9.88 Å². The second kappa shape index (κ2) is 10.8. The Morgan fingerprint density at radius 3 is 2.68 bits per heavy atom. The molecular weight excluding hydrogens is 406 g/mol. The molecule has 31 heavy (non-hydrogen) atoms. The zero-order valence-electron chi connectivity index (χ0n) is 18.3. The van der Waals surface area contributed by atoms with Crippen LogP contribution in [0.15, 0.2) is 66.6 Å². The van der Waals surface area contributed by atoms with Gasteiger partial charge < -0.3 is 15.0 Å². The first kappa shape index (κ1) is 22.6. The van der Waals surface area contributed by atoms with Gasteiger partial charge in [-0.2, -0.15) is 0 Å². The molecule has 0 bridgehead atoms. The summed E-state index contributed by atoms with van der Waals surface area (Å²) >= 11 is 1.54. The van der Waals surface area contributed by atoms with Gasteiger partial charge in [0.2, 0.25) is 0 Å². The number of amides is 2. The van der Waals surface area contributed by atoms with E-state index in [9.17, 15) is 4.79 Å². The number of ether oxygens (including phenoxy) is 1. The van der Waals surface area contributed by atoms with Crippen LogP contribution in [0.1, 0.15) is 41.6 Å². The summed E-state index contributed by atoms with van der Waals surface area (Å²) in [6.45, 7) is 11.3. The van der Waals surface area contributed by atoms with Gasteiger partial charge in [0.05, 0.1) is 12.2 Å². The van der Waals surface area contributed by atoms with Crippen molar-refractivity contribution in [3.63, 3.8) is 0 Å². The van der Waals surface area contributed by atoms with E-state index < -0.39 is 0 Å². The Kier molecular flexibility index (Phi) is 7.84. The van der Waals surface area contributed by atoms with Gasteiger partial charge >= 0.3 is 6.03 Å². The van der Waals surface area contributed by atoms with Gasteiger partial charge in [-0.25, -0.2) is 9.78 Å². The summed E-state index contributed by atoms with van der Waals surface area (Å²) in [5, 5.41) is 5.79. The summed E-state index contributed by atoms with van der Waals surface area (Å²) < 4.78 is 6.03. The quantitative estimate of drug-likeness (QED) is 0.397. The van der Waals surface area contributed by atoms with Crippen LogP contribution < -0.4 is 10.1 Å². The second-order valence-electron chi connectivity index (χ2n) is 7.68. The number of rotatable bonds is 9. The van der Waals surface area contributed by atoms with Crippen LogP contribution >= 0.6 is 11.3 Å². The Bertz CT molecular complexity index is 1010. The van der Waals surface area contributed by atoms with E-state index in [4.69, 9.17) is 4.74 Å². The van der Waals surface area contributed by atoms with E-state index >= 15 is 0 Å². The molecule has 2 aromatic carbocycles.